The number of furan rings is 1. The van der Waals surface area contributed by atoms with Gasteiger partial charge in [-0.05, 0) is 42.7 Å². The van der Waals surface area contributed by atoms with Crippen LogP contribution in [0.1, 0.15) is 29.4 Å². The molecule has 3 heterocycles. The van der Waals surface area contributed by atoms with Crippen LogP contribution in [0.5, 0.6) is 0 Å². The molecule has 2 unspecified atom stereocenters. The Kier molecular flexibility index (Phi) is 6.13. The van der Waals surface area contributed by atoms with Gasteiger partial charge < -0.3 is 14.4 Å². The molecule has 2 aliphatic rings. The monoisotopic (exact) mass is 428 g/mol. The first-order chi connectivity index (χ1) is 13.2. The van der Waals surface area contributed by atoms with Gasteiger partial charge in [0.2, 0.25) is 5.72 Å². The number of thioether (sulfide) groups is 1. The highest BCUT2D eigenvalue weighted by molar-refractivity contribution is 8.14. The third-order valence-corrected chi connectivity index (χ3v) is 5.70. The summed E-state index contributed by atoms with van der Waals surface area (Å²) in [6.07, 6.45) is 4.21. The van der Waals surface area contributed by atoms with Crippen LogP contribution in [0, 0.1) is 5.82 Å². The molecule has 28 heavy (non-hydrogen) atoms. The lowest BCUT2D eigenvalue weighted by Gasteiger charge is -2.35. The maximum absolute atomic E-state index is 13.7. The van der Waals surface area contributed by atoms with Crippen molar-refractivity contribution in [1.82, 2.24) is 4.90 Å². The molecule has 152 valence electrons. The van der Waals surface area contributed by atoms with E-state index in [9.17, 15) is 17.9 Å². The van der Waals surface area contributed by atoms with Crippen molar-refractivity contribution in [2.75, 3.05) is 19.3 Å². The lowest BCUT2D eigenvalue weighted by Crippen LogP contribution is -2.46. The third-order valence-electron chi connectivity index (χ3n) is 4.30. The number of aliphatic hydroxyl groups is 1. The molecule has 7 nitrogen and oxygen atoms in total. The number of nitrogens with zero attached hydrogens (tertiary/aromatic N) is 2. The number of aliphatic imine (C=N–C) groups is 1. The summed E-state index contributed by atoms with van der Waals surface area (Å²) in [5.41, 5.74) is -0.629. The number of hydrogen-bond acceptors (Lipinski definition) is 7. The van der Waals surface area contributed by atoms with Crippen molar-refractivity contribution in [1.29, 1.82) is 0 Å². The van der Waals surface area contributed by atoms with E-state index in [1.54, 1.807) is 24.5 Å². The summed E-state index contributed by atoms with van der Waals surface area (Å²) in [6.45, 7) is 1.46. The standard InChI is InChI=1S/C17H17FN2O2S.CH4O3S/c18-13-6-3-5-12(11-13)15-17(21,14-7-4-10-22-14)20-9-2-1-8-19-16(20)23-15;1-5(2,3)4/h3-7,10-11,15,21H,1-2,8-9H2;1H3,(H,2,3,4). The molecular weight excluding hydrogens is 407 g/mol. The number of fused-ring (bicyclic) bond motifs is 1. The van der Waals surface area contributed by atoms with Crippen LogP contribution >= 0.6 is 11.8 Å². The first kappa shape index (κ1) is 20.8. The minimum absolute atomic E-state index is 0.311. The topological polar surface area (TPSA) is 103 Å². The van der Waals surface area contributed by atoms with Crippen molar-refractivity contribution in [3.05, 3.63) is 59.8 Å². The Bertz CT molecular complexity index is 941. The fourth-order valence-electron chi connectivity index (χ4n) is 3.20. The minimum atomic E-state index is -3.67. The zero-order valence-electron chi connectivity index (χ0n) is 15.2. The van der Waals surface area contributed by atoms with E-state index >= 15 is 0 Å². The van der Waals surface area contributed by atoms with Crippen LogP contribution in [-0.4, -0.2) is 47.5 Å². The average molecular weight is 429 g/mol. The largest absolute Gasteiger partial charge is 0.464 e. The van der Waals surface area contributed by atoms with Crippen LogP contribution in [0.15, 0.2) is 52.1 Å². The SMILES string of the molecule is CS(=O)(=O)O.OC1(c2ccco2)C(c2cccc(F)c2)SC2=NCCCCN21. The Morgan fingerprint density at radius 2 is 2.07 bits per heavy atom. The van der Waals surface area contributed by atoms with Gasteiger partial charge in [-0.1, -0.05) is 23.9 Å². The molecule has 1 aromatic carbocycles. The zero-order valence-corrected chi connectivity index (χ0v) is 16.8. The van der Waals surface area contributed by atoms with Gasteiger partial charge in [0.15, 0.2) is 10.9 Å². The molecule has 2 aromatic rings. The number of hydrogen-bond donors (Lipinski definition) is 2. The lowest BCUT2D eigenvalue weighted by molar-refractivity contribution is -0.0875. The van der Waals surface area contributed by atoms with Crippen molar-refractivity contribution < 1.29 is 26.9 Å². The molecule has 0 saturated carbocycles. The van der Waals surface area contributed by atoms with Crippen molar-refractivity contribution in [2.45, 2.75) is 23.8 Å². The lowest BCUT2D eigenvalue weighted by atomic mass is 9.97. The van der Waals surface area contributed by atoms with Gasteiger partial charge in [-0.25, -0.2) is 4.39 Å². The highest BCUT2D eigenvalue weighted by atomic mass is 32.2. The molecule has 10 heteroatoms. The zero-order chi connectivity index (χ0) is 20.4. The van der Waals surface area contributed by atoms with Gasteiger partial charge >= 0.3 is 0 Å². The Balaban J connectivity index is 0.000000403. The second kappa shape index (κ2) is 8.24. The third kappa shape index (κ3) is 4.57. The van der Waals surface area contributed by atoms with Gasteiger partial charge in [0.25, 0.3) is 10.1 Å². The molecule has 0 radical (unpaired) electrons. The molecule has 0 spiro atoms. The van der Waals surface area contributed by atoms with Gasteiger partial charge in [0.05, 0.1) is 17.8 Å². The van der Waals surface area contributed by atoms with Gasteiger partial charge in [0, 0.05) is 13.1 Å². The van der Waals surface area contributed by atoms with Crippen molar-refractivity contribution in [3.63, 3.8) is 0 Å². The molecular formula is C18H21FN2O5S2. The Hall–Kier alpha value is -1.88. The molecule has 2 N–H and O–H groups in total. The van der Waals surface area contributed by atoms with E-state index in [2.05, 4.69) is 4.99 Å². The minimum Gasteiger partial charge on any atom is -0.464 e. The van der Waals surface area contributed by atoms with E-state index in [1.165, 1.54) is 23.9 Å². The summed E-state index contributed by atoms with van der Waals surface area (Å²) in [5.74, 6) is 0.153. The molecule has 0 amide bonds. The van der Waals surface area contributed by atoms with Crippen LogP contribution in [0.4, 0.5) is 4.39 Å². The summed E-state index contributed by atoms with van der Waals surface area (Å²) in [6, 6.07) is 9.90. The smallest absolute Gasteiger partial charge is 0.261 e. The van der Waals surface area contributed by atoms with E-state index in [4.69, 9.17) is 8.97 Å². The molecule has 0 aliphatic carbocycles. The average Bonchev–Trinajstić information content (AvgIpc) is 3.15. The number of benzene rings is 1. The van der Waals surface area contributed by atoms with Crippen LogP contribution in [0.3, 0.4) is 0 Å². The second-order valence-corrected chi connectivity index (χ2v) is 9.05. The quantitative estimate of drug-likeness (QED) is 0.709. The predicted octanol–water partition coefficient (Wildman–Crippen LogP) is 3.01. The first-order valence-corrected chi connectivity index (χ1v) is 11.4. The van der Waals surface area contributed by atoms with E-state index in [0.29, 0.717) is 18.6 Å². The highest BCUT2D eigenvalue weighted by Crippen LogP contribution is 2.54. The van der Waals surface area contributed by atoms with E-state index < -0.39 is 15.8 Å². The predicted molar refractivity (Wildman–Crippen MR) is 105 cm³/mol. The second-order valence-electron chi connectivity index (χ2n) is 6.51. The van der Waals surface area contributed by atoms with Crippen molar-refractivity contribution in [2.24, 2.45) is 4.99 Å². The summed E-state index contributed by atoms with van der Waals surface area (Å²) in [7, 11) is -3.67. The number of rotatable bonds is 2. The fourth-order valence-corrected chi connectivity index (χ4v) is 4.63. The normalized spacial score (nSPS) is 24.6. The van der Waals surface area contributed by atoms with Crippen molar-refractivity contribution >= 4 is 27.0 Å². The Morgan fingerprint density at radius 1 is 1.32 bits per heavy atom. The van der Waals surface area contributed by atoms with Crippen LogP contribution in [0.25, 0.3) is 0 Å². The number of halogens is 1. The fraction of sp³-hybridized carbons (Fsp3) is 0.389. The molecule has 2 atom stereocenters. The maximum Gasteiger partial charge on any atom is 0.261 e. The van der Waals surface area contributed by atoms with Gasteiger partial charge in [-0.2, -0.15) is 8.42 Å². The summed E-state index contributed by atoms with van der Waals surface area (Å²) in [4.78, 5) is 6.50. The molecule has 1 aromatic heterocycles. The Labute approximate surface area is 167 Å². The van der Waals surface area contributed by atoms with E-state index in [1.807, 2.05) is 11.0 Å². The summed E-state index contributed by atoms with van der Waals surface area (Å²) >= 11 is 1.47. The summed E-state index contributed by atoms with van der Waals surface area (Å²) in [5, 5.41) is 12.0. The molecule has 1 saturated heterocycles. The van der Waals surface area contributed by atoms with Gasteiger partial charge in [-0.3, -0.25) is 9.55 Å². The molecule has 4 rings (SSSR count). The van der Waals surface area contributed by atoms with E-state index in [-0.39, 0.29) is 11.1 Å². The van der Waals surface area contributed by atoms with Crippen LogP contribution in [-0.2, 0) is 15.8 Å². The maximum atomic E-state index is 13.7. The first-order valence-electron chi connectivity index (χ1n) is 8.62. The molecule has 0 bridgehead atoms. The van der Waals surface area contributed by atoms with E-state index in [0.717, 1.165) is 30.1 Å². The van der Waals surface area contributed by atoms with Crippen LogP contribution < -0.4 is 0 Å². The molecule has 2 aliphatic heterocycles. The molecule has 1 fully saturated rings. The van der Waals surface area contributed by atoms with Gasteiger partial charge in [0.1, 0.15) is 5.82 Å². The Morgan fingerprint density at radius 3 is 2.71 bits per heavy atom. The highest BCUT2D eigenvalue weighted by Gasteiger charge is 2.55. The van der Waals surface area contributed by atoms with Gasteiger partial charge in [-0.15, -0.1) is 0 Å². The van der Waals surface area contributed by atoms with Crippen LogP contribution in [0.2, 0.25) is 0 Å². The summed E-state index contributed by atoms with van der Waals surface area (Å²) < 4.78 is 45.1. The number of amidine groups is 1. The van der Waals surface area contributed by atoms with Crippen molar-refractivity contribution in [3.8, 4) is 0 Å².